The lowest BCUT2D eigenvalue weighted by Crippen LogP contribution is -2.33. The molecule has 0 bridgehead atoms. The smallest absolute Gasteiger partial charge is 0.293 e. The molecule has 18 heavy (non-hydrogen) atoms. The van der Waals surface area contributed by atoms with Crippen LogP contribution in [0.25, 0.3) is 6.08 Å². The van der Waals surface area contributed by atoms with Crippen molar-refractivity contribution >= 4 is 29.0 Å². The van der Waals surface area contributed by atoms with E-state index in [4.69, 9.17) is 5.73 Å². The second-order valence-corrected chi connectivity index (χ2v) is 4.69. The third kappa shape index (κ3) is 2.32. The fourth-order valence-electron chi connectivity index (χ4n) is 1.69. The number of nitrogens with two attached hydrogens (primary N) is 1. The molecule has 2 amide bonds. The summed E-state index contributed by atoms with van der Waals surface area (Å²) in [5.74, 6) is -0.278. The van der Waals surface area contributed by atoms with Crippen molar-refractivity contribution in [2.24, 2.45) is 5.73 Å². The van der Waals surface area contributed by atoms with E-state index in [2.05, 4.69) is 5.10 Å². The minimum Gasteiger partial charge on any atom is -0.329 e. The van der Waals surface area contributed by atoms with E-state index in [9.17, 15) is 9.59 Å². The number of nitrogens with zero attached hydrogens (tertiary/aromatic N) is 3. The lowest BCUT2D eigenvalue weighted by molar-refractivity contribution is -0.122. The number of amides is 2. The molecule has 0 radical (unpaired) electrons. The van der Waals surface area contributed by atoms with Crippen LogP contribution in [-0.2, 0) is 11.3 Å². The largest absolute Gasteiger partial charge is 0.329 e. The lowest BCUT2D eigenvalue weighted by atomic mass is 10.3. The fourth-order valence-corrected chi connectivity index (χ4v) is 2.54. The molecule has 6 nitrogen and oxygen atoms in total. The number of carbonyl (C=O) groups excluding carboxylic acids is 2. The molecule has 0 unspecified atom stereocenters. The molecule has 2 heterocycles. The van der Waals surface area contributed by atoms with Crippen LogP contribution < -0.4 is 5.73 Å². The molecule has 1 aliphatic heterocycles. The topological polar surface area (TPSA) is 81.2 Å². The molecule has 1 aliphatic rings. The summed E-state index contributed by atoms with van der Waals surface area (Å²) in [6.45, 7) is 3.21. The summed E-state index contributed by atoms with van der Waals surface area (Å²) in [5.41, 5.74) is 6.19. The fraction of sp³-hybridized carbons (Fsp3) is 0.364. The van der Waals surface area contributed by atoms with Gasteiger partial charge in [-0.3, -0.25) is 19.2 Å². The third-order valence-electron chi connectivity index (χ3n) is 2.55. The Hall–Kier alpha value is -1.60. The molecular formula is C11H14N4O2S. The molecule has 0 aliphatic carbocycles. The number of rotatable bonds is 4. The average Bonchev–Trinajstić information content (AvgIpc) is 2.90. The molecule has 0 saturated carbocycles. The van der Waals surface area contributed by atoms with E-state index >= 15 is 0 Å². The van der Waals surface area contributed by atoms with Gasteiger partial charge in [-0.15, -0.1) is 0 Å². The third-order valence-corrected chi connectivity index (χ3v) is 3.46. The van der Waals surface area contributed by atoms with Crippen molar-refractivity contribution in [1.82, 2.24) is 14.7 Å². The van der Waals surface area contributed by atoms with Crippen LogP contribution in [-0.4, -0.2) is 38.9 Å². The summed E-state index contributed by atoms with van der Waals surface area (Å²) in [4.78, 5) is 25.2. The van der Waals surface area contributed by atoms with E-state index in [-0.39, 0.29) is 24.2 Å². The van der Waals surface area contributed by atoms with Gasteiger partial charge >= 0.3 is 0 Å². The highest BCUT2D eigenvalue weighted by Gasteiger charge is 2.34. The number of aryl methyl sites for hydroxylation is 1. The molecule has 1 fully saturated rings. The number of thioether (sulfide) groups is 1. The monoisotopic (exact) mass is 266 g/mol. The van der Waals surface area contributed by atoms with Crippen molar-refractivity contribution < 1.29 is 9.59 Å². The summed E-state index contributed by atoms with van der Waals surface area (Å²) >= 11 is 0.941. The van der Waals surface area contributed by atoms with Crippen LogP contribution in [0.2, 0.25) is 0 Å². The molecule has 0 spiro atoms. The standard InChI is InChI=1S/C11H14N4O2S/c1-2-15-8(3-5-13-15)7-9-10(16)14(6-4-12)11(17)18-9/h3,5,7H,2,4,6,12H2,1H3/b9-7+. The zero-order chi connectivity index (χ0) is 13.1. The van der Waals surface area contributed by atoms with Gasteiger partial charge in [0.25, 0.3) is 11.1 Å². The zero-order valence-corrected chi connectivity index (χ0v) is 10.8. The number of carbonyl (C=O) groups is 2. The van der Waals surface area contributed by atoms with Gasteiger partial charge in [0.05, 0.1) is 10.6 Å². The van der Waals surface area contributed by atoms with Crippen LogP contribution in [0.5, 0.6) is 0 Å². The maximum Gasteiger partial charge on any atom is 0.293 e. The first kappa shape index (κ1) is 12.8. The summed E-state index contributed by atoms with van der Waals surface area (Å²) in [6.07, 6.45) is 3.36. The predicted molar refractivity (Wildman–Crippen MR) is 69.6 cm³/mol. The average molecular weight is 266 g/mol. The van der Waals surface area contributed by atoms with E-state index in [0.29, 0.717) is 11.4 Å². The highest BCUT2D eigenvalue weighted by Crippen LogP contribution is 2.31. The van der Waals surface area contributed by atoms with Gasteiger partial charge < -0.3 is 5.73 Å². The van der Waals surface area contributed by atoms with E-state index in [1.807, 2.05) is 6.92 Å². The molecule has 96 valence electrons. The summed E-state index contributed by atoms with van der Waals surface area (Å²) in [7, 11) is 0. The Labute approximate surface area is 109 Å². The number of hydrogen-bond donors (Lipinski definition) is 1. The Kier molecular flexibility index (Phi) is 3.83. The van der Waals surface area contributed by atoms with Gasteiger partial charge in [0, 0.05) is 25.8 Å². The molecular weight excluding hydrogens is 252 g/mol. The predicted octanol–water partition coefficient (Wildman–Crippen LogP) is 0.898. The van der Waals surface area contributed by atoms with Crippen molar-refractivity contribution in [3.63, 3.8) is 0 Å². The van der Waals surface area contributed by atoms with Crippen LogP contribution in [0.3, 0.4) is 0 Å². The zero-order valence-electron chi connectivity index (χ0n) is 10.00. The summed E-state index contributed by atoms with van der Waals surface area (Å²) in [5, 5.41) is 3.84. The number of imide groups is 1. The van der Waals surface area contributed by atoms with Crippen molar-refractivity contribution in [2.75, 3.05) is 13.1 Å². The lowest BCUT2D eigenvalue weighted by Gasteiger charge is -2.09. The van der Waals surface area contributed by atoms with Crippen LogP contribution in [0.4, 0.5) is 4.79 Å². The van der Waals surface area contributed by atoms with Crippen LogP contribution in [0, 0.1) is 0 Å². The van der Waals surface area contributed by atoms with E-state index in [1.54, 1.807) is 23.0 Å². The van der Waals surface area contributed by atoms with Crippen molar-refractivity contribution in [1.29, 1.82) is 0 Å². The summed E-state index contributed by atoms with van der Waals surface area (Å²) in [6, 6.07) is 1.81. The number of hydrogen-bond acceptors (Lipinski definition) is 5. The van der Waals surface area contributed by atoms with Crippen LogP contribution in [0.1, 0.15) is 12.6 Å². The minimum absolute atomic E-state index is 0.259. The SMILES string of the molecule is CCn1nccc1/C=C1/SC(=O)N(CCN)C1=O. The Balaban J connectivity index is 2.25. The van der Waals surface area contributed by atoms with Gasteiger partial charge in [0.15, 0.2) is 0 Å². The first-order valence-electron chi connectivity index (χ1n) is 5.64. The van der Waals surface area contributed by atoms with E-state index in [0.717, 1.165) is 17.5 Å². The van der Waals surface area contributed by atoms with Crippen molar-refractivity contribution in [3.8, 4) is 0 Å². The molecule has 2 N–H and O–H groups in total. The van der Waals surface area contributed by atoms with E-state index < -0.39 is 0 Å². The second-order valence-electron chi connectivity index (χ2n) is 3.69. The second kappa shape index (κ2) is 5.36. The Morgan fingerprint density at radius 2 is 2.28 bits per heavy atom. The van der Waals surface area contributed by atoms with Crippen LogP contribution in [0.15, 0.2) is 17.2 Å². The summed E-state index contributed by atoms with van der Waals surface area (Å²) < 4.78 is 1.76. The highest BCUT2D eigenvalue weighted by molar-refractivity contribution is 8.18. The quantitative estimate of drug-likeness (QED) is 0.819. The Morgan fingerprint density at radius 1 is 1.50 bits per heavy atom. The molecule has 1 aromatic rings. The number of aromatic nitrogens is 2. The van der Waals surface area contributed by atoms with Gasteiger partial charge in [0.2, 0.25) is 0 Å². The Morgan fingerprint density at radius 3 is 2.94 bits per heavy atom. The Bertz CT molecular complexity index is 509. The maximum absolute atomic E-state index is 12.0. The molecule has 7 heteroatoms. The molecule has 2 rings (SSSR count). The molecule has 0 aromatic carbocycles. The van der Waals surface area contributed by atoms with E-state index in [1.165, 1.54) is 4.90 Å². The minimum atomic E-state index is -0.278. The first-order chi connectivity index (χ1) is 8.67. The van der Waals surface area contributed by atoms with Gasteiger partial charge in [-0.1, -0.05) is 0 Å². The van der Waals surface area contributed by atoms with Crippen molar-refractivity contribution in [3.05, 3.63) is 22.9 Å². The van der Waals surface area contributed by atoms with Gasteiger partial charge in [-0.25, -0.2) is 0 Å². The molecule has 1 saturated heterocycles. The first-order valence-corrected chi connectivity index (χ1v) is 6.46. The highest BCUT2D eigenvalue weighted by atomic mass is 32.2. The van der Waals surface area contributed by atoms with Crippen LogP contribution >= 0.6 is 11.8 Å². The normalized spacial score (nSPS) is 18.1. The van der Waals surface area contributed by atoms with Gasteiger partial charge in [0.1, 0.15) is 0 Å². The molecule has 0 atom stereocenters. The van der Waals surface area contributed by atoms with Gasteiger partial charge in [-0.2, -0.15) is 5.10 Å². The molecule has 1 aromatic heterocycles. The van der Waals surface area contributed by atoms with Crippen molar-refractivity contribution in [2.45, 2.75) is 13.5 Å². The maximum atomic E-state index is 12.0. The van der Waals surface area contributed by atoms with Gasteiger partial charge in [-0.05, 0) is 30.8 Å².